The summed E-state index contributed by atoms with van der Waals surface area (Å²) in [4.78, 5) is 23.4. The number of nitrogens with one attached hydrogen (secondary N) is 1. The van der Waals surface area contributed by atoms with E-state index in [4.69, 9.17) is 11.6 Å². The van der Waals surface area contributed by atoms with Gasteiger partial charge in [-0.3, -0.25) is 4.79 Å². The van der Waals surface area contributed by atoms with E-state index in [1.165, 1.54) is 17.3 Å². The number of hydrogen-bond donors (Lipinski definition) is 1. The Balaban J connectivity index is 1.48. The molecule has 0 saturated carbocycles. The highest BCUT2D eigenvalue weighted by molar-refractivity contribution is 6.31. The molecule has 27 heavy (non-hydrogen) atoms. The molecule has 4 rings (SSSR count). The van der Waals surface area contributed by atoms with E-state index in [1.54, 1.807) is 18.3 Å². The summed E-state index contributed by atoms with van der Waals surface area (Å²) in [5.41, 5.74) is 4.46. The lowest BCUT2D eigenvalue weighted by molar-refractivity contribution is 0.102. The van der Waals surface area contributed by atoms with Gasteiger partial charge in [-0.05, 0) is 42.2 Å². The fourth-order valence-corrected chi connectivity index (χ4v) is 3.40. The van der Waals surface area contributed by atoms with Gasteiger partial charge in [0.2, 0.25) is 0 Å². The Morgan fingerprint density at radius 2 is 1.89 bits per heavy atom. The summed E-state index contributed by atoms with van der Waals surface area (Å²) in [7, 11) is 0. The molecule has 5 nitrogen and oxygen atoms in total. The molecule has 0 saturated heterocycles. The number of carbonyl (C=O) groups excluding carboxylic acids is 1. The SMILES string of the molecule is Cc1c(Cl)cccc1NC(=O)c1cnc(N2CCc3ccccc3C2)cn1. The van der Waals surface area contributed by atoms with Crippen molar-refractivity contribution in [3.05, 3.63) is 82.3 Å². The highest BCUT2D eigenvalue weighted by Crippen LogP contribution is 2.24. The lowest BCUT2D eigenvalue weighted by Gasteiger charge is -2.29. The maximum absolute atomic E-state index is 12.5. The number of anilines is 2. The van der Waals surface area contributed by atoms with Crippen LogP contribution < -0.4 is 10.2 Å². The number of carbonyl (C=O) groups is 1. The van der Waals surface area contributed by atoms with Gasteiger partial charge in [0, 0.05) is 23.8 Å². The largest absolute Gasteiger partial charge is 0.351 e. The van der Waals surface area contributed by atoms with E-state index in [-0.39, 0.29) is 11.6 Å². The van der Waals surface area contributed by atoms with Crippen LogP contribution in [0.4, 0.5) is 11.5 Å². The van der Waals surface area contributed by atoms with Crippen LogP contribution in [0.25, 0.3) is 0 Å². The Bertz CT molecular complexity index is 988. The van der Waals surface area contributed by atoms with E-state index < -0.39 is 0 Å². The van der Waals surface area contributed by atoms with Gasteiger partial charge in [-0.1, -0.05) is 41.9 Å². The number of benzene rings is 2. The Morgan fingerprint density at radius 1 is 1.07 bits per heavy atom. The highest BCUT2D eigenvalue weighted by Gasteiger charge is 2.18. The average Bonchev–Trinajstić information content (AvgIpc) is 2.71. The van der Waals surface area contributed by atoms with Crippen LogP contribution in [-0.4, -0.2) is 22.4 Å². The van der Waals surface area contributed by atoms with Crippen LogP contribution >= 0.6 is 11.6 Å². The number of aromatic nitrogens is 2. The summed E-state index contributed by atoms with van der Waals surface area (Å²) in [6.45, 7) is 3.55. The molecule has 0 spiro atoms. The zero-order valence-corrected chi connectivity index (χ0v) is 15.7. The molecule has 1 aliphatic heterocycles. The van der Waals surface area contributed by atoms with Gasteiger partial charge < -0.3 is 10.2 Å². The second-order valence-electron chi connectivity index (χ2n) is 6.57. The predicted octanol–water partition coefficient (Wildman–Crippen LogP) is 4.25. The van der Waals surface area contributed by atoms with E-state index >= 15 is 0 Å². The maximum atomic E-state index is 12.5. The molecule has 0 fully saturated rings. The first kappa shape index (κ1) is 17.5. The minimum Gasteiger partial charge on any atom is -0.351 e. The molecule has 1 aromatic heterocycles. The summed E-state index contributed by atoms with van der Waals surface area (Å²) in [5.74, 6) is 0.475. The minimum atomic E-state index is -0.302. The van der Waals surface area contributed by atoms with E-state index in [2.05, 4.69) is 44.5 Å². The first-order chi connectivity index (χ1) is 13.1. The van der Waals surface area contributed by atoms with Gasteiger partial charge in [-0.2, -0.15) is 0 Å². The molecular weight excluding hydrogens is 360 g/mol. The first-order valence-electron chi connectivity index (χ1n) is 8.82. The van der Waals surface area contributed by atoms with E-state index in [1.807, 2.05) is 13.0 Å². The monoisotopic (exact) mass is 378 g/mol. The van der Waals surface area contributed by atoms with Gasteiger partial charge >= 0.3 is 0 Å². The number of nitrogens with zero attached hydrogens (tertiary/aromatic N) is 3. The fourth-order valence-electron chi connectivity index (χ4n) is 3.22. The van der Waals surface area contributed by atoms with Crippen molar-refractivity contribution >= 4 is 29.0 Å². The van der Waals surface area contributed by atoms with Crippen LogP contribution in [0, 0.1) is 6.92 Å². The third kappa shape index (κ3) is 3.64. The van der Waals surface area contributed by atoms with Crippen LogP contribution in [0.1, 0.15) is 27.2 Å². The predicted molar refractivity (Wildman–Crippen MR) is 107 cm³/mol. The molecule has 2 heterocycles. The van der Waals surface area contributed by atoms with Crippen molar-refractivity contribution in [2.45, 2.75) is 19.9 Å². The molecule has 6 heteroatoms. The molecule has 1 N–H and O–H groups in total. The third-order valence-corrected chi connectivity index (χ3v) is 5.25. The van der Waals surface area contributed by atoms with E-state index in [9.17, 15) is 4.79 Å². The summed E-state index contributed by atoms with van der Waals surface area (Å²) >= 11 is 6.10. The van der Waals surface area contributed by atoms with E-state index in [0.29, 0.717) is 10.7 Å². The van der Waals surface area contributed by atoms with Crippen molar-refractivity contribution in [3.8, 4) is 0 Å². The maximum Gasteiger partial charge on any atom is 0.275 e. The van der Waals surface area contributed by atoms with Crippen molar-refractivity contribution in [2.75, 3.05) is 16.8 Å². The molecule has 136 valence electrons. The molecule has 0 radical (unpaired) electrons. The smallest absolute Gasteiger partial charge is 0.275 e. The van der Waals surface area contributed by atoms with E-state index in [0.717, 1.165) is 30.9 Å². The van der Waals surface area contributed by atoms with Crippen molar-refractivity contribution in [3.63, 3.8) is 0 Å². The molecule has 0 unspecified atom stereocenters. The number of hydrogen-bond acceptors (Lipinski definition) is 4. The fraction of sp³-hybridized carbons (Fsp3) is 0.190. The number of amides is 1. The quantitative estimate of drug-likeness (QED) is 0.740. The van der Waals surface area contributed by atoms with Crippen LogP contribution in [0.3, 0.4) is 0 Å². The van der Waals surface area contributed by atoms with Gasteiger partial charge in [0.15, 0.2) is 0 Å². The molecule has 3 aromatic rings. The van der Waals surface area contributed by atoms with Gasteiger partial charge in [0.25, 0.3) is 5.91 Å². The number of halogens is 1. The number of fused-ring (bicyclic) bond motifs is 1. The van der Waals surface area contributed by atoms with Crippen LogP contribution in [0.2, 0.25) is 5.02 Å². The third-order valence-electron chi connectivity index (χ3n) is 4.84. The second kappa shape index (κ2) is 7.37. The average molecular weight is 379 g/mol. The van der Waals surface area contributed by atoms with Crippen LogP contribution in [0.15, 0.2) is 54.9 Å². The summed E-state index contributed by atoms with van der Waals surface area (Å²) in [6.07, 6.45) is 4.16. The second-order valence-corrected chi connectivity index (χ2v) is 6.97. The Kier molecular flexibility index (Phi) is 4.77. The Labute approximate surface area is 163 Å². The van der Waals surface area contributed by atoms with Crippen molar-refractivity contribution < 1.29 is 4.79 Å². The summed E-state index contributed by atoms with van der Waals surface area (Å²) in [6, 6.07) is 13.8. The summed E-state index contributed by atoms with van der Waals surface area (Å²) < 4.78 is 0. The van der Waals surface area contributed by atoms with Crippen LogP contribution in [0.5, 0.6) is 0 Å². The van der Waals surface area contributed by atoms with Gasteiger partial charge in [-0.25, -0.2) is 9.97 Å². The Morgan fingerprint density at radius 3 is 2.67 bits per heavy atom. The first-order valence-corrected chi connectivity index (χ1v) is 9.20. The molecular formula is C21H19ClN4O. The van der Waals surface area contributed by atoms with Crippen molar-refractivity contribution in [1.82, 2.24) is 9.97 Å². The molecule has 0 atom stereocenters. The van der Waals surface area contributed by atoms with Gasteiger partial charge in [-0.15, -0.1) is 0 Å². The molecule has 0 bridgehead atoms. The zero-order valence-electron chi connectivity index (χ0n) is 14.9. The van der Waals surface area contributed by atoms with Gasteiger partial charge in [0.05, 0.1) is 12.4 Å². The highest BCUT2D eigenvalue weighted by atomic mass is 35.5. The molecule has 1 amide bonds. The lowest BCUT2D eigenvalue weighted by Crippen LogP contribution is -2.31. The Hall–Kier alpha value is -2.92. The zero-order chi connectivity index (χ0) is 18.8. The number of rotatable bonds is 3. The summed E-state index contributed by atoms with van der Waals surface area (Å²) in [5, 5.41) is 3.45. The topological polar surface area (TPSA) is 58.1 Å². The van der Waals surface area contributed by atoms with Crippen molar-refractivity contribution in [1.29, 1.82) is 0 Å². The van der Waals surface area contributed by atoms with Crippen molar-refractivity contribution in [2.24, 2.45) is 0 Å². The van der Waals surface area contributed by atoms with Gasteiger partial charge in [0.1, 0.15) is 11.5 Å². The molecule has 0 aliphatic carbocycles. The minimum absolute atomic E-state index is 0.274. The normalized spacial score (nSPS) is 13.2. The standard InChI is InChI=1S/C21H19ClN4O/c1-14-17(22)7-4-8-18(14)25-21(27)19-11-24-20(12-23-19)26-10-9-15-5-2-3-6-16(15)13-26/h2-8,11-12H,9-10,13H2,1H3,(H,25,27). The lowest BCUT2D eigenvalue weighted by atomic mass is 10.0. The molecule has 1 aliphatic rings. The van der Waals surface area contributed by atoms with Crippen LogP contribution in [-0.2, 0) is 13.0 Å². The molecule has 2 aromatic carbocycles.